The lowest BCUT2D eigenvalue weighted by molar-refractivity contribution is 0.631. The van der Waals surface area contributed by atoms with E-state index in [-0.39, 0.29) is 11.3 Å². The molecule has 0 unspecified atom stereocenters. The first-order valence-corrected chi connectivity index (χ1v) is 5.29. The highest BCUT2D eigenvalue weighted by atomic mass is 19.1. The van der Waals surface area contributed by atoms with Crippen LogP contribution in [0.4, 0.5) is 21.6 Å². The smallest absolute Gasteiger partial charge is 0.153 e. The molecule has 0 spiro atoms. The van der Waals surface area contributed by atoms with Gasteiger partial charge in [0.1, 0.15) is 5.82 Å². The number of aromatic nitrogens is 1. The third-order valence-corrected chi connectivity index (χ3v) is 2.41. The number of nitrogens with zero attached hydrogens (tertiary/aromatic N) is 2. The Balaban J connectivity index is 2.32. The number of aryl methyl sites for hydroxylation is 1. The number of nitrogen functional groups attached to an aromatic ring is 1. The fourth-order valence-electron chi connectivity index (χ4n) is 1.51. The molecule has 2 aromatic rings. The molecule has 1 aromatic heterocycles. The maximum absolute atomic E-state index is 13.7. The minimum Gasteiger partial charge on any atom is -0.396 e. The van der Waals surface area contributed by atoms with E-state index in [1.807, 2.05) is 13.0 Å². The lowest BCUT2D eigenvalue weighted by atomic mass is 10.2. The highest BCUT2D eigenvalue weighted by Gasteiger charge is 2.06. The molecule has 0 radical (unpaired) electrons. The topological polar surface area (TPSA) is 74.7 Å². The maximum atomic E-state index is 13.7. The van der Waals surface area contributed by atoms with Crippen molar-refractivity contribution in [3.8, 4) is 6.07 Å². The molecule has 0 aliphatic rings. The molecule has 0 aliphatic heterocycles. The van der Waals surface area contributed by atoms with Gasteiger partial charge in [-0.2, -0.15) is 5.26 Å². The molecule has 0 fully saturated rings. The van der Waals surface area contributed by atoms with Gasteiger partial charge in [0.2, 0.25) is 0 Å². The van der Waals surface area contributed by atoms with E-state index in [0.29, 0.717) is 11.5 Å². The van der Waals surface area contributed by atoms with Gasteiger partial charge in [0.25, 0.3) is 0 Å². The summed E-state index contributed by atoms with van der Waals surface area (Å²) in [6.45, 7) is 1.87. The van der Waals surface area contributed by atoms with Crippen molar-refractivity contribution in [3.05, 3.63) is 47.4 Å². The number of nitriles is 1. The summed E-state index contributed by atoms with van der Waals surface area (Å²) in [6.07, 6.45) is 1.64. The molecule has 0 saturated carbocycles. The molecular weight excluding hydrogens is 231 g/mol. The molecule has 5 heteroatoms. The molecule has 3 N–H and O–H groups in total. The number of nitrogens with one attached hydrogen (secondary N) is 1. The minimum atomic E-state index is -0.518. The Morgan fingerprint density at radius 3 is 2.78 bits per heavy atom. The number of hydrogen-bond acceptors (Lipinski definition) is 4. The fourth-order valence-corrected chi connectivity index (χ4v) is 1.51. The van der Waals surface area contributed by atoms with Crippen molar-refractivity contribution in [1.29, 1.82) is 5.26 Å². The summed E-state index contributed by atoms with van der Waals surface area (Å²) in [5.41, 5.74) is 7.65. The predicted octanol–water partition coefficient (Wildman–Crippen LogP) is 2.73. The van der Waals surface area contributed by atoms with Crippen molar-refractivity contribution >= 4 is 17.2 Å². The normalized spacial score (nSPS) is 9.83. The quantitative estimate of drug-likeness (QED) is 0.849. The molecule has 0 amide bonds. The molecule has 90 valence electrons. The first-order valence-electron chi connectivity index (χ1n) is 5.29. The van der Waals surface area contributed by atoms with E-state index < -0.39 is 5.82 Å². The maximum Gasteiger partial charge on any atom is 0.153 e. The standard InChI is InChI=1S/C13H11FN4/c1-8-4-11(16)13(17-7-8)18-12-3-2-9(6-15)5-10(12)14/h2-5,7H,16H2,1H3,(H,17,18). The summed E-state index contributed by atoms with van der Waals surface area (Å²) in [5, 5.41) is 11.4. The Bertz CT molecular complexity index is 631. The summed E-state index contributed by atoms with van der Waals surface area (Å²) >= 11 is 0. The van der Waals surface area contributed by atoms with E-state index in [0.717, 1.165) is 11.6 Å². The molecule has 1 aromatic carbocycles. The van der Waals surface area contributed by atoms with Crippen LogP contribution in [0.2, 0.25) is 0 Å². The predicted molar refractivity (Wildman–Crippen MR) is 67.8 cm³/mol. The zero-order valence-corrected chi connectivity index (χ0v) is 9.74. The van der Waals surface area contributed by atoms with Gasteiger partial charge < -0.3 is 11.1 Å². The molecule has 2 rings (SSSR count). The third-order valence-electron chi connectivity index (χ3n) is 2.41. The Labute approximate surface area is 104 Å². The third kappa shape index (κ3) is 2.38. The summed E-state index contributed by atoms with van der Waals surface area (Å²) in [7, 11) is 0. The fraction of sp³-hybridized carbons (Fsp3) is 0.0769. The number of pyridine rings is 1. The monoisotopic (exact) mass is 242 g/mol. The summed E-state index contributed by atoms with van der Waals surface area (Å²) in [6, 6.07) is 7.78. The summed E-state index contributed by atoms with van der Waals surface area (Å²) in [5.74, 6) is -0.125. The molecule has 18 heavy (non-hydrogen) atoms. The largest absolute Gasteiger partial charge is 0.396 e. The van der Waals surface area contributed by atoms with Gasteiger partial charge in [0, 0.05) is 6.20 Å². The number of nitrogens with two attached hydrogens (primary N) is 1. The molecule has 0 saturated heterocycles. The van der Waals surface area contributed by atoms with E-state index >= 15 is 0 Å². The number of benzene rings is 1. The van der Waals surface area contributed by atoms with Crippen LogP contribution >= 0.6 is 0 Å². The van der Waals surface area contributed by atoms with Crippen molar-refractivity contribution in [2.24, 2.45) is 0 Å². The van der Waals surface area contributed by atoms with Gasteiger partial charge in [0.15, 0.2) is 5.82 Å². The zero-order valence-electron chi connectivity index (χ0n) is 9.74. The van der Waals surface area contributed by atoms with Crippen LogP contribution in [0.1, 0.15) is 11.1 Å². The van der Waals surface area contributed by atoms with Crippen LogP contribution in [0.3, 0.4) is 0 Å². The van der Waals surface area contributed by atoms with Crippen LogP contribution < -0.4 is 11.1 Å². The van der Waals surface area contributed by atoms with Gasteiger partial charge in [-0.15, -0.1) is 0 Å². The minimum absolute atomic E-state index is 0.233. The second-order valence-electron chi connectivity index (χ2n) is 3.88. The molecule has 0 bridgehead atoms. The van der Waals surface area contributed by atoms with Crippen LogP contribution in [0.15, 0.2) is 30.5 Å². The lowest BCUT2D eigenvalue weighted by Crippen LogP contribution is -2.01. The Kier molecular flexibility index (Phi) is 3.11. The van der Waals surface area contributed by atoms with Gasteiger partial charge >= 0.3 is 0 Å². The number of rotatable bonds is 2. The second kappa shape index (κ2) is 4.72. The van der Waals surface area contributed by atoms with Crippen LogP contribution in [-0.4, -0.2) is 4.98 Å². The van der Waals surface area contributed by atoms with Gasteiger partial charge in [-0.25, -0.2) is 9.37 Å². The van der Waals surface area contributed by atoms with Gasteiger partial charge in [0.05, 0.1) is 23.0 Å². The molecule has 4 nitrogen and oxygen atoms in total. The van der Waals surface area contributed by atoms with E-state index in [9.17, 15) is 4.39 Å². The molecule has 0 atom stereocenters. The average Bonchev–Trinajstić information content (AvgIpc) is 2.34. The van der Waals surface area contributed by atoms with E-state index in [1.54, 1.807) is 12.3 Å². The highest BCUT2D eigenvalue weighted by molar-refractivity contribution is 5.69. The lowest BCUT2D eigenvalue weighted by Gasteiger charge is -2.09. The molecular formula is C13H11FN4. The van der Waals surface area contributed by atoms with E-state index in [4.69, 9.17) is 11.0 Å². The van der Waals surface area contributed by atoms with Gasteiger partial charge in [-0.05, 0) is 36.8 Å². The average molecular weight is 242 g/mol. The van der Waals surface area contributed by atoms with Crippen LogP contribution in [0.25, 0.3) is 0 Å². The summed E-state index contributed by atoms with van der Waals surface area (Å²) < 4.78 is 13.7. The molecule has 1 heterocycles. The Morgan fingerprint density at radius 1 is 1.39 bits per heavy atom. The second-order valence-corrected chi connectivity index (χ2v) is 3.88. The van der Waals surface area contributed by atoms with Crippen molar-refractivity contribution in [2.75, 3.05) is 11.1 Å². The van der Waals surface area contributed by atoms with Crippen LogP contribution in [0.5, 0.6) is 0 Å². The van der Waals surface area contributed by atoms with Crippen LogP contribution in [-0.2, 0) is 0 Å². The number of halogens is 1. The van der Waals surface area contributed by atoms with E-state index in [2.05, 4.69) is 10.3 Å². The van der Waals surface area contributed by atoms with E-state index in [1.165, 1.54) is 12.1 Å². The number of hydrogen-bond donors (Lipinski definition) is 2. The Morgan fingerprint density at radius 2 is 2.17 bits per heavy atom. The first kappa shape index (κ1) is 11.9. The molecule has 0 aliphatic carbocycles. The van der Waals surface area contributed by atoms with Crippen molar-refractivity contribution in [1.82, 2.24) is 4.98 Å². The van der Waals surface area contributed by atoms with Crippen molar-refractivity contribution in [3.63, 3.8) is 0 Å². The van der Waals surface area contributed by atoms with Gasteiger partial charge in [-0.1, -0.05) is 0 Å². The van der Waals surface area contributed by atoms with Gasteiger partial charge in [-0.3, -0.25) is 0 Å². The highest BCUT2D eigenvalue weighted by Crippen LogP contribution is 2.23. The van der Waals surface area contributed by atoms with Crippen molar-refractivity contribution < 1.29 is 4.39 Å². The summed E-state index contributed by atoms with van der Waals surface area (Å²) in [4.78, 5) is 4.09. The van der Waals surface area contributed by atoms with Crippen molar-refractivity contribution in [2.45, 2.75) is 6.92 Å². The van der Waals surface area contributed by atoms with Crippen LogP contribution in [0, 0.1) is 24.1 Å². The zero-order chi connectivity index (χ0) is 13.1. The Hall–Kier alpha value is -2.61. The number of anilines is 3. The SMILES string of the molecule is Cc1cnc(Nc2ccc(C#N)cc2F)c(N)c1. The first-order chi connectivity index (χ1) is 8.60.